The van der Waals surface area contributed by atoms with Crippen molar-refractivity contribution in [1.82, 2.24) is 0 Å². The van der Waals surface area contributed by atoms with Crippen LogP contribution in [0.4, 0.5) is 4.79 Å². The molecule has 1 aromatic carbocycles. The molecule has 2 nitrogen and oxygen atoms in total. The summed E-state index contributed by atoms with van der Waals surface area (Å²) in [4.78, 5) is 11.9. The summed E-state index contributed by atoms with van der Waals surface area (Å²) < 4.78 is 0. The minimum atomic E-state index is 0. The van der Waals surface area contributed by atoms with Crippen LogP contribution in [0.15, 0.2) is 24.3 Å². The fourth-order valence-electron chi connectivity index (χ4n) is 5.20. The molecule has 4 aliphatic rings. The second-order valence-corrected chi connectivity index (χ2v) is 9.82. The van der Waals surface area contributed by atoms with Gasteiger partial charge in [-0.05, 0) is 60.6 Å². The first-order valence-corrected chi connectivity index (χ1v) is 10.2. The van der Waals surface area contributed by atoms with Gasteiger partial charge >= 0.3 is 51.4 Å². The molecule has 2 bridgehead atoms. The van der Waals surface area contributed by atoms with Crippen LogP contribution in [0.1, 0.15) is 30.7 Å². The molecule has 4 fully saturated rings. The van der Waals surface area contributed by atoms with Gasteiger partial charge in [-0.2, -0.15) is 11.8 Å². The van der Waals surface area contributed by atoms with Crippen LogP contribution in [0.2, 0.25) is 5.02 Å². The van der Waals surface area contributed by atoms with E-state index in [1.54, 1.807) is 0 Å². The molecule has 0 radical (unpaired) electrons. The van der Waals surface area contributed by atoms with Crippen molar-refractivity contribution >= 4 is 40.4 Å². The summed E-state index contributed by atoms with van der Waals surface area (Å²) in [7, 11) is 0. The number of halogens is 1. The zero-order valence-corrected chi connectivity index (χ0v) is 18.5. The molecular weight excluding hydrogens is 373 g/mol. The molecule has 1 amide bonds. The molecule has 0 aromatic heterocycles. The molecular formula is C17H17ClKNOS2. The first kappa shape index (κ1) is 17.7. The summed E-state index contributed by atoms with van der Waals surface area (Å²) in [5.41, 5.74) is 1.36. The van der Waals surface area contributed by atoms with E-state index in [0.29, 0.717) is 16.4 Å². The molecule has 7 atom stereocenters. The van der Waals surface area contributed by atoms with Crippen LogP contribution in [0.25, 0.3) is 5.32 Å². The molecule has 2 aliphatic carbocycles. The normalized spacial score (nSPS) is 43.5. The van der Waals surface area contributed by atoms with Gasteiger partial charge in [-0.3, -0.25) is 0 Å². The Hall–Kier alpha value is 1.32. The second kappa shape index (κ2) is 6.80. The van der Waals surface area contributed by atoms with Crippen molar-refractivity contribution in [3.8, 4) is 0 Å². The maximum absolute atomic E-state index is 11.9. The van der Waals surface area contributed by atoms with Crippen molar-refractivity contribution in [3.05, 3.63) is 40.2 Å². The number of carbonyl (C=O) groups excluding carboxylic acids is 1. The van der Waals surface area contributed by atoms with E-state index in [-0.39, 0.29) is 62.0 Å². The minimum Gasteiger partial charge on any atom is -0.632 e. The summed E-state index contributed by atoms with van der Waals surface area (Å²) in [5.74, 6) is 2.89. The third kappa shape index (κ3) is 2.91. The van der Waals surface area contributed by atoms with Crippen LogP contribution in [0.5, 0.6) is 0 Å². The van der Waals surface area contributed by atoms with Crippen LogP contribution in [-0.2, 0) is 0 Å². The Morgan fingerprint density at radius 1 is 1.09 bits per heavy atom. The van der Waals surface area contributed by atoms with E-state index in [2.05, 4.69) is 17.4 Å². The number of amides is 1. The smallest absolute Gasteiger partial charge is 0.632 e. The molecule has 2 heterocycles. The van der Waals surface area contributed by atoms with Gasteiger partial charge in [-0.15, -0.1) is 11.8 Å². The van der Waals surface area contributed by atoms with Crippen molar-refractivity contribution in [2.75, 3.05) is 0 Å². The average molecular weight is 390 g/mol. The number of hydrogen-bond donors (Lipinski definition) is 0. The number of thioether (sulfide) groups is 2. The number of nitrogens with zero attached hydrogens (tertiary/aromatic N) is 1. The average Bonchev–Trinajstić information content (AvgIpc) is 3.19. The van der Waals surface area contributed by atoms with E-state index in [0.717, 1.165) is 22.8 Å². The predicted octanol–water partition coefficient (Wildman–Crippen LogP) is 2.52. The summed E-state index contributed by atoms with van der Waals surface area (Å²) in [6.07, 6.45) is 4.15. The molecule has 2 saturated heterocycles. The molecule has 0 N–H and O–H groups in total. The fraction of sp³-hybridized carbons (Fsp3) is 0.588. The van der Waals surface area contributed by atoms with Crippen LogP contribution in [-0.4, -0.2) is 21.1 Å². The van der Waals surface area contributed by atoms with Gasteiger partial charge in [-0.25, -0.2) is 0 Å². The van der Waals surface area contributed by atoms with Crippen molar-refractivity contribution in [2.24, 2.45) is 17.8 Å². The van der Waals surface area contributed by atoms with Crippen molar-refractivity contribution < 1.29 is 56.2 Å². The zero-order chi connectivity index (χ0) is 14.8. The number of fused-ring (bicyclic) bond motifs is 6. The molecule has 7 unspecified atom stereocenters. The van der Waals surface area contributed by atoms with E-state index in [1.807, 2.05) is 23.9 Å². The van der Waals surface area contributed by atoms with Gasteiger partial charge in [-0.1, -0.05) is 29.1 Å². The first-order chi connectivity index (χ1) is 10.7. The summed E-state index contributed by atoms with van der Waals surface area (Å²) in [6.45, 7) is 0. The Labute approximate surface area is 193 Å². The largest absolute Gasteiger partial charge is 1.00 e. The van der Waals surface area contributed by atoms with E-state index in [9.17, 15) is 4.79 Å². The predicted molar refractivity (Wildman–Crippen MR) is 93.8 cm³/mol. The van der Waals surface area contributed by atoms with Crippen LogP contribution in [0, 0.1) is 17.8 Å². The summed E-state index contributed by atoms with van der Waals surface area (Å²) in [5, 5.41) is 6.42. The number of rotatable bonds is 1. The molecule has 2 aliphatic heterocycles. The minimum absolute atomic E-state index is 0. The maximum atomic E-state index is 11.9. The van der Waals surface area contributed by atoms with Gasteiger partial charge in [0.05, 0.1) is 0 Å². The van der Waals surface area contributed by atoms with E-state index in [4.69, 9.17) is 11.6 Å². The first-order valence-electron chi connectivity index (χ1n) is 8.03. The Morgan fingerprint density at radius 2 is 1.83 bits per heavy atom. The van der Waals surface area contributed by atoms with E-state index >= 15 is 0 Å². The van der Waals surface area contributed by atoms with Gasteiger partial charge in [0, 0.05) is 15.5 Å². The van der Waals surface area contributed by atoms with E-state index < -0.39 is 0 Å². The molecule has 5 rings (SSSR count). The van der Waals surface area contributed by atoms with Crippen LogP contribution >= 0.6 is 35.1 Å². The maximum Gasteiger partial charge on any atom is 1.00 e. The Balaban J connectivity index is 0.00000135. The molecule has 116 valence electrons. The monoisotopic (exact) mass is 389 g/mol. The van der Waals surface area contributed by atoms with Crippen molar-refractivity contribution in [1.29, 1.82) is 0 Å². The molecule has 23 heavy (non-hydrogen) atoms. The number of hydrogen-bond acceptors (Lipinski definition) is 3. The zero-order valence-electron chi connectivity index (χ0n) is 13.0. The molecule has 2 saturated carbocycles. The van der Waals surface area contributed by atoms with Gasteiger partial charge < -0.3 is 10.1 Å². The van der Waals surface area contributed by atoms with Crippen molar-refractivity contribution in [3.63, 3.8) is 0 Å². The molecule has 0 spiro atoms. The van der Waals surface area contributed by atoms with Crippen molar-refractivity contribution in [2.45, 2.75) is 41.1 Å². The van der Waals surface area contributed by atoms with Gasteiger partial charge in [0.2, 0.25) is 0 Å². The third-order valence-corrected chi connectivity index (χ3v) is 9.22. The summed E-state index contributed by atoms with van der Waals surface area (Å²) in [6, 6.07) is 8.34. The van der Waals surface area contributed by atoms with Gasteiger partial charge in [0.15, 0.2) is 0 Å². The Bertz CT molecular complexity index is 628. The van der Waals surface area contributed by atoms with Crippen LogP contribution in [0.3, 0.4) is 0 Å². The van der Waals surface area contributed by atoms with Crippen LogP contribution < -0.4 is 51.4 Å². The number of carbonyl (C=O) groups is 1. The topological polar surface area (TPSA) is 31.2 Å². The number of benzene rings is 1. The second-order valence-electron chi connectivity index (χ2n) is 6.96. The van der Waals surface area contributed by atoms with Gasteiger partial charge in [0.25, 0.3) is 0 Å². The SMILES string of the molecule is O=C1[N-]C2SC3C4CCC(C4)C3C(c3ccc(Cl)cc3)C2S1.[K+]. The Kier molecular flexibility index (Phi) is 5.24. The third-order valence-electron chi connectivity index (χ3n) is 5.97. The fourth-order valence-corrected chi connectivity index (χ4v) is 8.67. The quantitative estimate of drug-likeness (QED) is 0.691. The Morgan fingerprint density at radius 3 is 2.61 bits per heavy atom. The molecule has 6 heteroatoms. The molecule has 1 aromatic rings. The summed E-state index contributed by atoms with van der Waals surface area (Å²) >= 11 is 9.56. The van der Waals surface area contributed by atoms with Gasteiger partial charge in [0.1, 0.15) is 5.24 Å². The van der Waals surface area contributed by atoms with E-state index in [1.165, 1.54) is 36.6 Å². The standard InChI is InChI=1S/C17H18ClNOS2.K/c18-11-5-3-8(4-6-11)12-13-9-1-2-10(7-9)14(13)21-16-15(12)22-17(20)19-16;/h3-6,9-10,12-16H,1-2,7H2,(H,19,20);/q;+1/p-1.